The lowest BCUT2D eigenvalue weighted by atomic mass is 9.88. The molecule has 3 N–H and O–H groups in total. The minimum Gasteiger partial charge on any atom is -0.393 e. The summed E-state index contributed by atoms with van der Waals surface area (Å²) in [6.45, 7) is 4.97. The number of amides is 2. The van der Waals surface area contributed by atoms with Gasteiger partial charge in [-0.2, -0.15) is 0 Å². The van der Waals surface area contributed by atoms with E-state index in [2.05, 4.69) is 4.98 Å². The lowest BCUT2D eigenvalue weighted by Gasteiger charge is -2.38. The Morgan fingerprint density at radius 3 is 2.72 bits per heavy atom. The summed E-state index contributed by atoms with van der Waals surface area (Å²) in [4.78, 5) is 22.1. The molecule has 0 radical (unpaired) electrons. The topological polar surface area (TPSA) is 108 Å². The van der Waals surface area contributed by atoms with Crippen LogP contribution in [-0.4, -0.2) is 69.4 Å². The molecule has 0 unspecified atom stereocenters. The quantitative estimate of drug-likeness (QED) is 0.555. The molecule has 2 fully saturated rings. The Labute approximate surface area is 147 Å². The van der Waals surface area contributed by atoms with Gasteiger partial charge in [0, 0.05) is 25.2 Å². The van der Waals surface area contributed by atoms with Crippen molar-refractivity contribution in [2.24, 2.45) is 0 Å². The van der Waals surface area contributed by atoms with E-state index in [1.807, 2.05) is 13.8 Å². The number of amidine groups is 1. The van der Waals surface area contributed by atoms with Crippen LogP contribution in [-0.2, 0) is 0 Å². The Bertz CT molecular complexity index is 685. The summed E-state index contributed by atoms with van der Waals surface area (Å²) >= 11 is 0. The average Bonchev–Trinajstić information content (AvgIpc) is 2.93. The lowest BCUT2D eigenvalue weighted by molar-refractivity contribution is 0.0249. The van der Waals surface area contributed by atoms with Gasteiger partial charge in [0.1, 0.15) is 11.5 Å². The molecule has 25 heavy (non-hydrogen) atoms. The Hall–Kier alpha value is -2.48. The summed E-state index contributed by atoms with van der Waals surface area (Å²) in [6, 6.07) is 5.24. The summed E-state index contributed by atoms with van der Waals surface area (Å²) in [5, 5.41) is 25.2. The van der Waals surface area contributed by atoms with Crippen molar-refractivity contribution >= 4 is 24.0 Å². The van der Waals surface area contributed by atoms with Crippen LogP contribution in [0.4, 0.5) is 10.6 Å². The van der Waals surface area contributed by atoms with Gasteiger partial charge in [-0.05, 0) is 38.8 Å². The molecule has 1 aromatic rings. The largest absolute Gasteiger partial charge is 0.393 e. The molecule has 8 nitrogen and oxygen atoms in total. The smallest absolute Gasteiger partial charge is 0.326 e. The predicted molar refractivity (Wildman–Crippen MR) is 95.3 cm³/mol. The van der Waals surface area contributed by atoms with Crippen molar-refractivity contribution in [1.82, 2.24) is 14.8 Å². The van der Waals surface area contributed by atoms with Crippen LogP contribution in [0, 0.1) is 10.8 Å². The van der Waals surface area contributed by atoms with E-state index in [1.54, 1.807) is 28.0 Å². The van der Waals surface area contributed by atoms with Crippen molar-refractivity contribution in [2.75, 3.05) is 18.0 Å². The molecule has 0 bridgehead atoms. The Balaban J connectivity index is 1.77. The fourth-order valence-electron chi connectivity index (χ4n) is 3.23. The van der Waals surface area contributed by atoms with E-state index in [0.717, 1.165) is 6.34 Å². The molecule has 0 atom stereocenters. The Morgan fingerprint density at radius 2 is 2.12 bits per heavy atom. The minimum absolute atomic E-state index is 0.0237. The highest BCUT2D eigenvalue weighted by Crippen LogP contribution is 2.30. The number of carbonyl (C=O) groups excluding carboxylic acids is 1. The van der Waals surface area contributed by atoms with Gasteiger partial charge in [0.2, 0.25) is 0 Å². The van der Waals surface area contributed by atoms with Crippen LogP contribution in [0.15, 0.2) is 18.2 Å². The fourth-order valence-corrected chi connectivity index (χ4v) is 3.23. The molecular formula is C17H24N6O2. The molecule has 2 aliphatic rings. The zero-order chi connectivity index (χ0) is 18.1. The number of aliphatic hydroxyl groups is 1. The molecule has 1 aromatic heterocycles. The van der Waals surface area contributed by atoms with Crippen LogP contribution in [0.2, 0.25) is 0 Å². The van der Waals surface area contributed by atoms with Gasteiger partial charge in [0.15, 0.2) is 5.84 Å². The normalized spacial score (nSPS) is 23.0. The van der Waals surface area contributed by atoms with E-state index in [0.29, 0.717) is 37.4 Å². The number of nitrogens with one attached hydrogen (secondary N) is 2. The third-order valence-corrected chi connectivity index (χ3v) is 4.78. The number of hydrogen-bond acceptors (Lipinski definition) is 5. The molecule has 1 aliphatic heterocycles. The van der Waals surface area contributed by atoms with Crippen molar-refractivity contribution in [2.45, 2.75) is 44.9 Å². The van der Waals surface area contributed by atoms with Crippen LogP contribution in [0.1, 0.15) is 32.4 Å². The molecule has 1 aliphatic carbocycles. The third kappa shape index (κ3) is 3.21. The van der Waals surface area contributed by atoms with Gasteiger partial charge in [0.25, 0.3) is 0 Å². The van der Waals surface area contributed by atoms with Gasteiger partial charge in [-0.15, -0.1) is 0 Å². The summed E-state index contributed by atoms with van der Waals surface area (Å²) in [5.74, 6) is 0.653. The van der Waals surface area contributed by atoms with E-state index < -0.39 is 0 Å². The molecule has 134 valence electrons. The summed E-state index contributed by atoms with van der Waals surface area (Å²) < 4.78 is 0. The maximum atomic E-state index is 12.7. The van der Waals surface area contributed by atoms with Crippen LogP contribution in [0.5, 0.6) is 0 Å². The minimum atomic E-state index is -0.295. The molecule has 3 rings (SSSR count). The van der Waals surface area contributed by atoms with Crippen molar-refractivity contribution in [3.63, 3.8) is 0 Å². The number of anilines is 1. The first-order valence-corrected chi connectivity index (χ1v) is 8.53. The monoisotopic (exact) mass is 344 g/mol. The Morgan fingerprint density at radius 1 is 1.40 bits per heavy atom. The highest BCUT2D eigenvalue weighted by atomic mass is 16.3. The molecule has 8 heteroatoms. The number of pyridine rings is 1. The van der Waals surface area contributed by atoms with E-state index in [9.17, 15) is 9.90 Å². The number of hydrogen-bond donors (Lipinski definition) is 3. The SMILES string of the molecule is CC(C)N(C=N)C(=N)c1cccc(N2CCN(C3CC(O)C3)C2=O)n1. The number of aliphatic hydroxyl groups excluding tert-OH is 1. The lowest BCUT2D eigenvalue weighted by Crippen LogP contribution is -2.49. The first-order chi connectivity index (χ1) is 11.9. The molecule has 2 amide bonds. The van der Waals surface area contributed by atoms with Crippen LogP contribution in [0.3, 0.4) is 0 Å². The number of nitrogens with zero attached hydrogens (tertiary/aromatic N) is 4. The first-order valence-electron chi connectivity index (χ1n) is 8.53. The van der Waals surface area contributed by atoms with Gasteiger partial charge in [-0.3, -0.25) is 15.7 Å². The highest BCUT2D eigenvalue weighted by Gasteiger charge is 2.40. The van der Waals surface area contributed by atoms with Gasteiger partial charge >= 0.3 is 6.03 Å². The molecule has 2 heterocycles. The van der Waals surface area contributed by atoms with Gasteiger partial charge in [-0.25, -0.2) is 9.78 Å². The van der Waals surface area contributed by atoms with E-state index in [-0.39, 0.29) is 30.1 Å². The molecule has 1 saturated heterocycles. The second kappa shape index (κ2) is 6.79. The van der Waals surface area contributed by atoms with Gasteiger partial charge in [0.05, 0.1) is 12.4 Å². The molecule has 1 saturated carbocycles. The van der Waals surface area contributed by atoms with Crippen LogP contribution >= 0.6 is 0 Å². The number of rotatable bonds is 5. The molecular weight excluding hydrogens is 320 g/mol. The van der Waals surface area contributed by atoms with E-state index in [1.165, 1.54) is 4.90 Å². The summed E-state index contributed by atoms with van der Waals surface area (Å²) in [6.07, 6.45) is 2.10. The van der Waals surface area contributed by atoms with Gasteiger partial charge in [-0.1, -0.05) is 6.07 Å². The van der Waals surface area contributed by atoms with Crippen molar-refractivity contribution < 1.29 is 9.90 Å². The van der Waals surface area contributed by atoms with E-state index in [4.69, 9.17) is 10.8 Å². The average molecular weight is 344 g/mol. The zero-order valence-corrected chi connectivity index (χ0v) is 14.5. The molecule has 0 spiro atoms. The number of aromatic nitrogens is 1. The summed E-state index contributed by atoms with van der Waals surface area (Å²) in [5.41, 5.74) is 0.431. The van der Waals surface area contributed by atoms with Gasteiger partial charge < -0.3 is 14.9 Å². The maximum Gasteiger partial charge on any atom is 0.326 e. The molecule has 0 aromatic carbocycles. The predicted octanol–water partition coefficient (Wildman–Crippen LogP) is 1.49. The van der Waals surface area contributed by atoms with Crippen LogP contribution in [0.25, 0.3) is 0 Å². The van der Waals surface area contributed by atoms with Crippen molar-refractivity contribution in [3.05, 3.63) is 23.9 Å². The number of carbonyl (C=O) groups is 1. The standard InChI is InChI=1S/C17H24N6O2/c1-11(2)23(10-18)16(19)14-4-3-5-15(20-14)22-7-6-21(17(22)25)12-8-13(24)9-12/h3-5,10-13,18-19,24H,6-9H2,1-2H3. The number of urea groups is 1. The van der Waals surface area contributed by atoms with E-state index >= 15 is 0 Å². The fraction of sp³-hybridized carbons (Fsp3) is 0.529. The maximum absolute atomic E-state index is 12.7. The van der Waals surface area contributed by atoms with Crippen LogP contribution < -0.4 is 4.90 Å². The second-order valence-electron chi connectivity index (χ2n) is 6.77. The second-order valence-corrected chi connectivity index (χ2v) is 6.77. The van der Waals surface area contributed by atoms with Crippen molar-refractivity contribution in [1.29, 1.82) is 10.8 Å². The third-order valence-electron chi connectivity index (χ3n) is 4.78. The Kier molecular flexibility index (Phi) is 4.71. The zero-order valence-electron chi connectivity index (χ0n) is 14.5. The highest BCUT2D eigenvalue weighted by molar-refractivity contribution is 6.01. The summed E-state index contributed by atoms with van der Waals surface area (Å²) in [7, 11) is 0. The van der Waals surface area contributed by atoms with Crippen molar-refractivity contribution in [3.8, 4) is 0 Å². The first kappa shape index (κ1) is 17.3.